The Morgan fingerprint density at radius 3 is 1.07 bits per heavy atom. The molecule has 0 saturated heterocycles. The molecule has 0 aromatic heterocycles. The molecule has 10 nitrogen and oxygen atoms in total. The minimum absolute atomic E-state index is 0.760. The molecule has 0 aliphatic carbocycles. The first kappa shape index (κ1) is 24.2. The van der Waals surface area contributed by atoms with Gasteiger partial charge in [-0.25, -0.2) is 9.59 Å². The minimum Gasteiger partial charge on any atom is -0.478 e. The molecule has 16 heteroatoms. The number of carboxylic acids is 2. The van der Waals surface area contributed by atoms with E-state index in [0.717, 1.165) is 0 Å². The number of hydrogen-bond acceptors (Lipinski definition) is 6. The zero-order valence-corrected chi connectivity index (χ0v) is 18.0. The van der Waals surface area contributed by atoms with Gasteiger partial charge in [-0.2, -0.15) is 0 Å². The zero-order valence-electron chi connectivity index (χ0n) is 13.5. The van der Waals surface area contributed by atoms with E-state index >= 15 is 0 Å². The maximum atomic E-state index is 11.6. The average molecular weight is 539 g/mol. The van der Waals surface area contributed by atoms with Crippen LogP contribution in [0.1, 0.15) is 20.7 Å². The molecule has 2 rings (SSSR count). The molecule has 0 aliphatic rings. The van der Waals surface area contributed by atoms with Crippen LogP contribution in [0.25, 0.3) is 11.1 Å². The van der Waals surface area contributed by atoms with E-state index < -0.39 is 85.5 Å². The van der Waals surface area contributed by atoms with Crippen LogP contribution in [0.3, 0.4) is 0 Å². The molecule has 0 unspecified atom stereocenters. The molecule has 0 fully saturated rings. The number of aromatic carboxylic acids is 2. The second kappa shape index (κ2) is 8.58. The van der Waals surface area contributed by atoms with Gasteiger partial charge in [-0.05, 0) is 0 Å². The van der Waals surface area contributed by atoms with Crippen molar-refractivity contribution in [1.29, 1.82) is 0 Å². The maximum absolute atomic E-state index is 11.6. The second-order valence-corrected chi connectivity index (χ2v) is 7.47. The lowest BCUT2D eigenvalue weighted by atomic mass is 9.98. The SMILES string of the molecule is O=C(O)c1c(Cl)c(-c2c(Cl)c(C(=O)O)c(Cl)c([N+](=O)[O-])c2Cl)c(Cl)c([N+](=O)[O-])c1Cl. The van der Waals surface area contributed by atoms with Gasteiger partial charge in [0.25, 0.3) is 0 Å². The fourth-order valence-electron chi connectivity index (χ4n) is 2.44. The third kappa shape index (κ3) is 3.70. The Hall–Kier alpha value is -2.08. The van der Waals surface area contributed by atoms with E-state index in [1.54, 1.807) is 0 Å². The summed E-state index contributed by atoms with van der Waals surface area (Å²) in [4.78, 5) is 43.6. The van der Waals surface area contributed by atoms with Gasteiger partial charge < -0.3 is 10.2 Å². The topological polar surface area (TPSA) is 161 Å². The third-order valence-corrected chi connectivity index (χ3v) is 5.86. The van der Waals surface area contributed by atoms with Gasteiger partial charge in [-0.3, -0.25) is 20.2 Å². The van der Waals surface area contributed by atoms with Crippen molar-refractivity contribution in [3.05, 3.63) is 61.5 Å². The van der Waals surface area contributed by atoms with E-state index in [-0.39, 0.29) is 0 Å². The fraction of sp³-hybridized carbons (Fsp3) is 0. The highest BCUT2D eigenvalue weighted by molar-refractivity contribution is 6.51. The van der Waals surface area contributed by atoms with Crippen molar-refractivity contribution in [1.82, 2.24) is 0 Å². The van der Waals surface area contributed by atoms with Crippen molar-refractivity contribution < 1.29 is 29.6 Å². The lowest BCUT2D eigenvalue weighted by Crippen LogP contribution is -2.08. The predicted molar refractivity (Wildman–Crippen MR) is 109 cm³/mol. The molecular weight excluding hydrogens is 537 g/mol. The lowest BCUT2D eigenvalue weighted by Gasteiger charge is -2.17. The van der Waals surface area contributed by atoms with Gasteiger partial charge in [0.1, 0.15) is 31.2 Å². The summed E-state index contributed by atoms with van der Waals surface area (Å²) in [7, 11) is 0. The first-order chi connectivity index (χ1) is 13.7. The first-order valence-electron chi connectivity index (χ1n) is 6.92. The van der Waals surface area contributed by atoms with Gasteiger partial charge in [0.05, 0.1) is 19.9 Å². The number of nitro groups is 2. The van der Waals surface area contributed by atoms with E-state index in [9.17, 15) is 40.0 Å². The summed E-state index contributed by atoms with van der Waals surface area (Å²) in [6.07, 6.45) is 0. The molecule has 0 spiro atoms. The summed E-state index contributed by atoms with van der Waals surface area (Å²) >= 11 is 35.6. The minimum atomic E-state index is -1.82. The van der Waals surface area contributed by atoms with Crippen molar-refractivity contribution >= 4 is 92.9 Å². The number of carboxylic acid groups (broad SMARTS) is 2. The highest BCUT2D eigenvalue weighted by Gasteiger charge is 2.38. The molecule has 2 aromatic rings. The Morgan fingerprint density at radius 2 is 0.867 bits per heavy atom. The predicted octanol–water partition coefficient (Wildman–Crippen LogP) is 6.49. The summed E-state index contributed by atoms with van der Waals surface area (Å²) in [6.45, 7) is 0. The smallest absolute Gasteiger partial charge is 0.339 e. The lowest BCUT2D eigenvalue weighted by molar-refractivity contribution is -0.384. The Labute approximate surface area is 194 Å². The molecule has 0 bridgehead atoms. The zero-order chi connectivity index (χ0) is 23.2. The maximum Gasteiger partial charge on any atom is 0.339 e. The van der Waals surface area contributed by atoms with Gasteiger partial charge >= 0.3 is 23.3 Å². The Bertz CT molecular complexity index is 1010. The van der Waals surface area contributed by atoms with Crippen LogP contribution in [-0.4, -0.2) is 32.0 Å². The standard InChI is InChI=1S/C14H2Cl6N2O8/c15-5-1(7(17)11(21(27)28)9(19)3(5)13(23)24)2-6(16)4(14(25)26)10(20)12(8(2)18)22(29)30/h(H,23,24)(H,25,26). The fourth-order valence-corrected chi connectivity index (χ4v) is 4.84. The van der Waals surface area contributed by atoms with Gasteiger partial charge in [0.2, 0.25) is 0 Å². The highest BCUT2D eigenvalue weighted by atomic mass is 35.5. The number of halogens is 6. The quantitative estimate of drug-likeness (QED) is 0.322. The van der Waals surface area contributed by atoms with Crippen LogP contribution in [0.4, 0.5) is 11.4 Å². The molecule has 2 aromatic carbocycles. The third-order valence-electron chi connectivity index (χ3n) is 3.63. The van der Waals surface area contributed by atoms with Gasteiger partial charge in [-0.1, -0.05) is 69.6 Å². The molecule has 0 aliphatic heterocycles. The Morgan fingerprint density at radius 1 is 0.600 bits per heavy atom. The normalized spacial score (nSPS) is 10.7. The van der Waals surface area contributed by atoms with Crippen molar-refractivity contribution in [2.24, 2.45) is 0 Å². The second-order valence-electron chi connectivity index (χ2n) is 5.21. The Balaban J connectivity index is 3.28. The van der Waals surface area contributed by atoms with Crippen LogP contribution in [0, 0.1) is 20.2 Å². The van der Waals surface area contributed by atoms with Gasteiger partial charge in [-0.15, -0.1) is 0 Å². The molecule has 0 heterocycles. The molecule has 158 valence electrons. The van der Waals surface area contributed by atoms with Crippen molar-refractivity contribution in [3.63, 3.8) is 0 Å². The Kier molecular flexibility index (Phi) is 6.92. The van der Waals surface area contributed by atoms with E-state index in [2.05, 4.69) is 0 Å². The number of hydrogen-bond donors (Lipinski definition) is 2. The van der Waals surface area contributed by atoms with Crippen LogP contribution >= 0.6 is 69.6 Å². The molecule has 30 heavy (non-hydrogen) atoms. The van der Waals surface area contributed by atoms with Crippen molar-refractivity contribution in [2.75, 3.05) is 0 Å². The summed E-state index contributed by atoms with van der Waals surface area (Å²) in [6, 6.07) is 0. The largest absolute Gasteiger partial charge is 0.478 e. The van der Waals surface area contributed by atoms with Crippen LogP contribution in [0.5, 0.6) is 0 Å². The first-order valence-corrected chi connectivity index (χ1v) is 9.18. The highest BCUT2D eigenvalue weighted by Crippen LogP contribution is 2.54. The number of carbonyl (C=O) groups is 2. The van der Waals surface area contributed by atoms with Crippen LogP contribution in [-0.2, 0) is 0 Å². The summed E-state index contributed by atoms with van der Waals surface area (Å²) < 4.78 is 0. The molecular formula is C14H2Cl6N2O8. The number of nitro benzene ring substituents is 2. The molecule has 0 amide bonds. The van der Waals surface area contributed by atoms with Gasteiger partial charge in [0, 0.05) is 11.1 Å². The van der Waals surface area contributed by atoms with Crippen LogP contribution in [0.2, 0.25) is 30.1 Å². The molecule has 2 N–H and O–H groups in total. The van der Waals surface area contributed by atoms with E-state index in [1.807, 2.05) is 0 Å². The summed E-state index contributed by atoms with van der Waals surface area (Å²) in [5.41, 5.74) is -5.77. The number of benzene rings is 2. The van der Waals surface area contributed by atoms with E-state index in [1.165, 1.54) is 0 Å². The summed E-state index contributed by atoms with van der Waals surface area (Å²) in [5, 5.41) is 36.2. The van der Waals surface area contributed by atoms with Crippen molar-refractivity contribution in [2.45, 2.75) is 0 Å². The molecule has 0 atom stereocenters. The summed E-state index contributed by atoms with van der Waals surface area (Å²) in [5.74, 6) is -3.64. The average Bonchev–Trinajstić information content (AvgIpc) is 2.55. The van der Waals surface area contributed by atoms with E-state index in [0.29, 0.717) is 0 Å². The van der Waals surface area contributed by atoms with Crippen LogP contribution < -0.4 is 0 Å². The molecule has 0 saturated carbocycles. The van der Waals surface area contributed by atoms with Crippen LogP contribution in [0.15, 0.2) is 0 Å². The van der Waals surface area contributed by atoms with Gasteiger partial charge in [0.15, 0.2) is 0 Å². The van der Waals surface area contributed by atoms with E-state index in [4.69, 9.17) is 69.6 Å². The number of rotatable bonds is 5. The van der Waals surface area contributed by atoms with Crippen molar-refractivity contribution in [3.8, 4) is 11.1 Å². The number of nitrogens with zero attached hydrogens (tertiary/aromatic N) is 2. The monoisotopic (exact) mass is 536 g/mol. The molecule has 0 radical (unpaired) electrons.